The van der Waals surface area contributed by atoms with Crippen LogP contribution < -0.4 is 5.32 Å². The Kier molecular flexibility index (Phi) is 4.62. The van der Waals surface area contributed by atoms with Gasteiger partial charge in [0.05, 0.1) is 16.4 Å². The number of hydrogen-bond acceptors (Lipinski definition) is 2. The van der Waals surface area contributed by atoms with E-state index in [1.807, 2.05) is 0 Å². The van der Waals surface area contributed by atoms with E-state index in [4.69, 9.17) is 0 Å². The molecule has 1 heterocycles. The quantitative estimate of drug-likeness (QED) is 0.928. The molecule has 1 N–H and O–H groups in total. The van der Waals surface area contributed by atoms with Crippen molar-refractivity contribution in [3.05, 3.63) is 29.8 Å². The zero-order valence-corrected chi connectivity index (χ0v) is 11.2. The first kappa shape index (κ1) is 14.5. The van der Waals surface area contributed by atoms with Gasteiger partial charge in [0.1, 0.15) is 0 Å². The molecule has 1 aromatic carbocycles. The van der Waals surface area contributed by atoms with Crippen molar-refractivity contribution in [1.29, 1.82) is 0 Å². The Morgan fingerprint density at radius 1 is 1.16 bits per heavy atom. The van der Waals surface area contributed by atoms with Crippen LogP contribution >= 0.6 is 0 Å². The van der Waals surface area contributed by atoms with E-state index >= 15 is 0 Å². The van der Waals surface area contributed by atoms with Crippen LogP contribution in [0.2, 0.25) is 0 Å². The summed E-state index contributed by atoms with van der Waals surface area (Å²) >= 11 is 0. The molecule has 0 aliphatic carbocycles. The zero-order valence-electron chi connectivity index (χ0n) is 10.4. The fourth-order valence-electron chi connectivity index (χ4n) is 2.15. The van der Waals surface area contributed by atoms with Crippen molar-refractivity contribution in [2.24, 2.45) is 5.92 Å². The average Bonchev–Trinajstić information content (AvgIpc) is 2.39. The molecule has 1 atom stereocenters. The third-order valence-corrected chi connectivity index (χ3v) is 4.86. The minimum atomic E-state index is -4.34. The SMILES string of the molecule is O=S(CC1CCNCC1)c1ccc(C(F)(F)F)cc1. The molecule has 106 valence electrons. The molecule has 2 nitrogen and oxygen atoms in total. The van der Waals surface area contributed by atoms with Gasteiger partial charge >= 0.3 is 6.18 Å². The van der Waals surface area contributed by atoms with Gasteiger partial charge in [-0.3, -0.25) is 4.21 Å². The Labute approximate surface area is 112 Å². The molecule has 0 saturated carbocycles. The first-order chi connectivity index (χ1) is 8.97. The molecule has 2 rings (SSSR count). The van der Waals surface area contributed by atoms with Crippen LogP contribution in [0.4, 0.5) is 13.2 Å². The van der Waals surface area contributed by atoms with Gasteiger partial charge in [0.15, 0.2) is 0 Å². The van der Waals surface area contributed by atoms with Crippen molar-refractivity contribution in [3.63, 3.8) is 0 Å². The number of hydrogen-bond donors (Lipinski definition) is 1. The van der Waals surface area contributed by atoms with Crippen molar-refractivity contribution in [2.75, 3.05) is 18.8 Å². The fourth-order valence-corrected chi connectivity index (χ4v) is 3.55. The van der Waals surface area contributed by atoms with Crippen LogP contribution in [0.15, 0.2) is 29.2 Å². The van der Waals surface area contributed by atoms with E-state index in [2.05, 4.69) is 5.32 Å². The van der Waals surface area contributed by atoms with Gasteiger partial charge in [-0.05, 0) is 56.1 Å². The van der Waals surface area contributed by atoms with Crippen molar-refractivity contribution in [1.82, 2.24) is 5.32 Å². The van der Waals surface area contributed by atoms with Gasteiger partial charge in [0.25, 0.3) is 0 Å². The predicted octanol–water partition coefficient (Wildman–Crippen LogP) is 2.81. The molecule has 1 fully saturated rings. The molecule has 1 unspecified atom stereocenters. The summed E-state index contributed by atoms with van der Waals surface area (Å²) < 4.78 is 49.3. The summed E-state index contributed by atoms with van der Waals surface area (Å²) in [5.41, 5.74) is -0.699. The Balaban J connectivity index is 1.99. The van der Waals surface area contributed by atoms with Crippen LogP contribution in [-0.4, -0.2) is 23.1 Å². The lowest BCUT2D eigenvalue weighted by Crippen LogP contribution is -2.30. The van der Waals surface area contributed by atoms with Gasteiger partial charge in [-0.1, -0.05) is 0 Å². The van der Waals surface area contributed by atoms with Gasteiger partial charge in [-0.25, -0.2) is 0 Å². The minimum absolute atomic E-state index is 0.393. The van der Waals surface area contributed by atoms with Crippen LogP contribution in [0.3, 0.4) is 0 Å². The van der Waals surface area contributed by atoms with Crippen molar-refractivity contribution in [2.45, 2.75) is 23.9 Å². The van der Waals surface area contributed by atoms with Crippen molar-refractivity contribution >= 4 is 10.8 Å². The molecule has 1 saturated heterocycles. The summed E-state index contributed by atoms with van der Waals surface area (Å²) in [4.78, 5) is 0.478. The van der Waals surface area contributed by atoms with Crippen LogP contribution in [0.1, 0.15) is 18.4 Å². The van der Waals surface area contributed by atoms with E-state index in [9.17, 15) is 17.4 Å². The number of halogens is 3. The molecule has 0 aromatic heterocycles. The summed E-state index contributed by atoms with van der Waals surface area (Å²) in [6.07, 6.45) is -2.38. The molecular formula is C13H16F3NOS. The summed E-state index contributed by atoms with van der Waals surface area (Å²) in [5.74, 6) is 0.928. The van der Waals surface area contributed by atoms with Crippen molar-refractivity contribution < 1.29 is 17.4 Å². The maximum absolute atomic E-state index is 12.4. The third kappa shape index (κ3) is 4.04. The second-order valence-corrected chi connectivity index (χ2v) is 6.22. The number of benzene rings is 1. The summed E-state index contributed by atoms with van der Waals surface area (Å²) in [7, 11) is -1.21. The Morgan fingerprint density at radius 2 is 1.74 bits per heavy atom. The van der Waals surface area contributed by atoms with E-state index in [1.54, 1.807) is 0 Å². The maximum atomic E-state index is 12.4. The highest BCUT2D eigenvalue weighted by Gasteiger charge is 2.30. The van der Waals surface area contributed by atoms with Crippen LogP contribution in [0.25, 0.3) is 0 Å². The fraction of sp³-hybridized carbons (Fsp3) is 0.538. The van der Waals surface area contributed by atoms with E-state index in [1.165, 1.54) is 12.1 Å². The van der Waals surface area contributed by atoms with Crippen LogP contribution in [-0.2, 0) is 17.0 Å². The number of rotatable bonds is 3. The lowest BCUT2D eigenvalue weighted by molar-refractivity contribution is -0.137. The van der Waals surface area contributed by atoms with Gasteiger partial charge in [-0.15, -0.1) is 0 Å². The van der Waals surface area contributed by atoms with Gasteiger partial charge in [-0.2, -0.15) is 13.2 Å². The standard InChI is InChI=1S/C13H16F3NOS/c14-13(15,16)11-1-3-12(4-2-11)19(18)9-10-5-7-17-8-6-10/h1-4,10,17H,5-9H2. The highest BCUT2D eigenvalue weighted by atomic mass is 32.2. The average molecular weight is 291 g/mol. The largest absolute Gasteiger partial charge is 0.416 e. The first-order valence-electron chi connectivity index (χ1n) is 6.23. The van der Waals surface area contributed by atoms with Gasteiger partial charge < -0.3 is 5.32 Å². The highest BCUT2D eigenvalue weighted by Crippen LogP contribution is 2.29. The van der Waals surface area contributed by atoms with Crippen LogP contribution in [0, 0.1) is 5.92 Å². The molecule has 1 aromatic rings. The Bertz CT molecular complexity index is 438. The number of piperidine rings is 1. The lowest BCUT2D eigenvalue weighted by Gasteiger charge is -2.22. The summed E-state index contributed by atoms with van der Waals surface area (Å²) in [6, 6.07) is 4.63. The minimum Gasteiger partial charge on any atom is -0.317 e. The molecule has 19 heavy (non-hydrogen) atoms. The molecule has 1 aliphatic heterocycles. The highest BCUT2D eigenvalue weighted by molar-refractivity contribution is 7.85. The summed E-state index contributed by atoms with van der Waals surface area (Å²) in [5, 5.41) is 3.23. The zero-order chi connectivity index (χ0) is 13.9. The van der Waals surface area contributed by atoms with Crippen LogP contribution in [0.5, 0.6) is 0 Å². The van der Waals surface area contributed by atoms with E-state index < -0.39 is 22.5 Å². The second kappa shape index (κ2) is 6.05. The molecule has 0 spiro atoms. The number of alkyl halides is 3. The Hall–Kier alpha value is -0.880. The lowest BCUT2D eigenvalue weighted by atomic mass is 10.0. The third-order valence-electron chi connectivity index (χ3n) is 3.29. The van der Waals surface area contributed by atoms with Crippen molar-refractivity contribution in [3.8, 4) is 0 Å². The smallest absolute Gasteiger partial charge is 0.317 e. The molecule has 1 aliphatic rings. The van der Waals surface area contributed by atoms with E-state index in [-0.39, 0.29) is 0 Å². The number of nitrogens with one attached hydrogen (secondary N) is 1. The summed E-state index contributed by atoms with van der Waals surface area (Å²) in [6.45, 7) is 1.85. The first-order valence-corrected chi connectivity index (χ1v) is 7.55. The monoisotopic (exact) mass is 291 g/mol. The topological polar surface area (TPSA) is 29.1 Å². The van der Waals surface area contributed by atoms with E-state index in [0.717, 1.165) is 38.1 Å². The molecule has 0 amide bonds. The molecular weight excluding hydrogens is 275 g/mol. The van der Waals surface area contributed by atoms with Gasteiger partial charge in [0, 0.05) is 10.6 Å². The molecule has 6 heteroatoms. The normalized spacial score (nSPS) is 19.3. The van der Waals surface area contributed by atoms with E-state index in [0.29, 0.717) is 16.6 Å². The molecule has 0 radical (unpaired) electrons. The Morgan fingerprint density at radius 3 is 2.26 bits per heavy atom. The van der Waals surface area contributed by atoms with Gasteiger partial charge in [0.2, 0.25) is 0 Å². The second-order valence-electron chi connectivity index (χ2n) is 4.73. The maximum Gasteiger partial charge on any atom is 0.416 e. The molecule has 0 bridgehead atoms. The predicted molar refractivity (Wildman–Crippen MR) is 68.3 cm³/mol.